The Morgan fingerprint density at radius 2 is 1.80 bits per heavy atom. The van der Waals surface area contributed by atoms with Crippen LogP contribution in [0.5, 0.6) is 5.75 Å². The van der Waals surface area contributed by atoms with Gasteiger partial charge in [0.25, 0.3) is 10.2 Å². The smallest absolute Gasteiger partial charge is 0.281 e. The highest BCUT2D eigenvalue weighted by atomic mass is 32.2. The summed E-state index contributed by atoms with van der Waals surface area (Å²) in [5.74, 6) is 0.811. The van der Waals surface area contributed by atoms with Gasteiger partial charge in [0.2, 0.25) is 0 Å². The van der Waals surface area contributed by atoms with Crippen molar-refractivity contribution in [3.8, 4) is 5.75 Å². The summed E-state index contributed by atoms with van der Waals surface area (Å²) in [6, 6.07) is 7.82. The number of anilines is 1. The number of nitrogens with zero attached hydrogens (tertiary/aromatic N) is 3. The first-order valence-corrected chi connectivity index (χ1v) is 7.91. The van der Waals surface area contributed by atoms with Gasteiger partial charge in [-0.1, -0.05) is 6.07 Å². The van der Waals surface area contributed by atoms with E-state index in [-0.39, 0.29) is 0 Å². The molecule has 0 bridgehead atoms. The lowest BCUT2D eigenvalue weighted by Crippen LogP contribution is -2.51. The molecule has 112 valence electrons. The molecule has 2 rings (SSSR count). The van der Waals surface area contributed by atoms with E-state index >= 15 is 0 Å². The van der Waals surface area contributed by atoms with Gasteiger partial charge in [0.05, 0.1) is 7.11 Å². The molecule has 0 radical (unpaired) electrons. The molecule has 0 atom stereocenters. The third kappa shape index (κ3) is 3.05. The van der Waals surface area contributed by atoms with Gasteiger partial charge < -0.3 is 9.64 Å². The molecule has 0 aromatic heterocycles. The molecule has 0 saturated carbocycles. The van der Waals surface area contributed by atoms with Crippen molar-refractivity contribution in [3.63, 3.8) is 0 Å². The maximum atomic E-state index is 12.0. The number of hydrogen-bond acceptors (Lipinski definition) is 4. The molecule has 1 aromatic carbocycles. The number of ether oxygens (including phenoxy) is 1. The molecule has 0 N–H and O–H groups in total. The molecule has 0 amide bonds. The van der Waals surface area contributed by atoms with Crippen molar-refractivity contribution in [1.29, 1.82) is 0 Å². The quantitative estimate of drug-likeness (QED) is 0.818. The number of benzene rings is 1. The molecular weight excluding hydrogens is 278 g/mol. The van der Waals surface area contributed by atoms with Crippen LogP contribution in [-0.4, -0.2) is 64.4 Å². The number of rotatable bonds is 4. The fourth-order valence-corrected chi connectivity index (χ4v) is 3.30. The SMILES string of the molecule is COc1cccc(N2CCN(S(=O)(=O)N(C)C)CC2)c1. The van der Waals surface area contributed by atoms with Crippen LogP contribution in [0.2, 0.25) is 0 Å². The van der Waals surface area contributed by atoms with Gasteiger partial charge in [0.1, 0.15) is 5.75 Å². The lowest BCUT2D eigenvalue weighted by atomic mass is 10.2. The van der Waals surface area contributed by atoms with Crippen LogP contribution in [0.1, 0.15) is 0 Å². The molecule has 1 heterocycles. The van der Waals surface area contributed by atoms with Gasteiger partial charge in [0.15, 0.2) is 0 Å². The number of methoxy groups -OCH3 is 1. The molecule has 1 aliphatic rings. The van der Waals surface area contributed by atoms with E-state index in [0.29, 0.717) is 26.2 Å². The summed E-state index contributed by atoms with van der Waals surface area (Å²) in [6.45, 7) is 2.36. The molecule has 0 spiro atoms. The Kier molecular flexibility index (Phi) is 4.52. The van der Waals surface area contributed by atoms with Crippen molar-refractivity contribution in [2.75, 3.05) is 52.3 Å². The van der Waals surface area contributed by atoms with Crippen molar-refractivity contribution in [3.05, 3.63) is 24.3 Å². The molecule has 1 aromatic rings. The second-order valence-corrected chi connectivity index (χ2v) is 7.02. The third-order valence-electron chi connectivity index (χ3n) is 3.44. The Balaban J connectivity index is 2.04. The Bertz CT molecular complexity index is 552. The largest absolute Gasteiger partial charge is 0.497 e. The average Bonchev–Trinajstić information content (AvgIpc) is 2.47. The maximum absolute atomic E-state index is 12.0. The molecule has 7 heteroatoms. The van der Waals surface area contributed by atoms with Crippen LogP contribution in [0.4, 0.5) is 5.69 Å². The van der Waals surface area contributed by atoms with Gasteiger partial charge in [-0.2, -0.15) is 17.0 Å². The highest BCUT2D eigenvalue weighted by Crippen LogP contribution is 2.22. The summed E-state index contributed by atoms with van der Waals surface area (Å²) < 4.78 is 32.1. The van der Waals surface area contributed by atoms with Gasteiger partial charge in [-0.3, -0.25) is 0 Å². The first-order chi connectivity index (χ1) is 9.45. The molecule has 20 heavy (non-hydrogen) atoms. The van der Waals surface area contributed by atoms with Gasteiger partial charge >= 0.3 is 0 Å². The Morgan fingerprint density at radius 3 is 2.35 bits per heavy atom. The van der Waals surface area contributed by atoms with E-state index in [1.807, 2.05) is 24.3 Å². The van der Waals surface area contributed by atoms with Crippen molar-refractivity contribution >= 4 is 15.9 Å². The van der Waals surface area contributed by atoms with E-state index in [1.54, 1.807) is 21.2 Å². The predicted molar refractivity (Wildman–Crippen MR) is 79.4 cm³/mol. The lowest BCUT2D eigenvalue weighted by Gasteiger charge is -2.36. The van der Waals surface area contributed by atoms with E-state index in [1.165, 1.54) is 8.61 Å². The van der Waals surface area contributed by atoms with Crippen LogP contribution < -0.4 is 9.64 Å². The highest BCUT2D eigenvalue weighted by molar-refractivity contribution is 7.86. The molecule has 0 aliphatic carbocycles. The van der Waals surface area contributed by atoms with Gasteiger partial charge in [-0.05, 0) is 12.1 Å². The average molecular weight is 299 g/mol. The van der Waals surface area contributed by atoms with E-state index in [2.05, 4.69) is 4.90 Å². The minimum Gasteiger partial charge on any atom is -0.497 e. The minimum absolute atomic E-state index is 0.498. The topological polar surface area (TPSA) is 53.1 Å². The molecule has 0 unspecified atom stereocenters. The summed E-state index contributed by atoms with van der Waals surface area (Å²) in [4.78, 5) is 2.17. The maximum Gasteiger partial charge on any atom is 0.281 e. The lowest BCUT2D eigenvalue weighted by molar-refractivity contribution is 0.355. The third-order valence-corrected chi connectivity index (χ3v) is 5.39. The summed E-state index contributed by atoms with van der Waals surface area (Å²) in [7, 11) is 1.46. The van der Waals surface area contributed by atoms with E-state index in [0.717, 1.165) is 11.4 Å². The van der Waals surface area contributed by atoms with E-state index in [9.17, 15) is 8.42 Å². The molecule has 6 nitrogen and oxygen atoms in total. The van der Waals surface area contributed by atoms with Crippen molar-refractivity contribution < 1.29 is 13.2 Å². The normalized spacial score (nSPS) is 17.5. The van der Waals surface area contributed by atoms with Crippen LogP contribution in [0.3, 0.4) is 0 Å². The summed E-state index contributed by atoms with van der Waals surface area (Å²) in [6.07, 6.45) is 0. The van der Waals surface area contributed by atoms with E-state index in [4.69, 9.17) is 4.74 Å². The molecular formula is C13H21N3O3S. The zero-order valence-electron chi connectivity index (χ0n) is 12.1. The molecule has 1 fully saturated rings. The first-order valence-electron chi connectivity index (χ1n) is 6.52. The number of hydrogen-bond donors (Lipinski definition) is 0. The van der Waals surface area contributed by atoms with Crippen LogP contribution >= 0.6 is 0 Å². The molecule has 1 aliphatic heterocycles. The van der Waals surface area contributed by atoms with Crippen molar-refractivity contribution in [1.82, 2.24) is 8.61 Å². The van der Waals surface area contributed by atoms with Gasteiger partial charge in [-0.15, -0.1) is 0 Å². The van der Waals surface area contributed by atoms with Crippen LogP contribution in [0.25, 0.3) is 0 Å². The summed E-state index contributed by atoms with van der Waals surface area (Å²) in [5, 5.41) is 0. The van der Waals surface area contributed by atoms with Gasteiger partial charge in [0, 0.05) is 52.0 Å². The van der Waals surface area contributed by atoms with Crippen molar-refractivity contribution in [2.45, 2.75) is 0 Å². The highest BCUT2D eigenvalue weighted by Gasteiger charge is 2.28. The second-order valence-electron chi connectivity index (χ2n) is 4.88. The summed E-state index contributed by atoms with van der Waals surface area (Å²) >= 11 is 0. The monoisotopic (exact) mass is 299 g/mol. The van der Waals surface area contributed by atoms with Crippen molar-refractivity contribution in [2.24, 2.45) is 0 Å². The van der Waals surface area contributed by atoms with Gasteiger partial charge in [-0.25, -0.2) is 0 Å². The molecule has 1 saturated heterocycles. The first kappa shape index (κ1) is 15.1. The Labute approximate surface area is 120 Å². The fraction of sp³-hybridized carbons (Fsp3) is 0.538. The Hall–Kier alpha value is -1.31. The number of piperazine rings is 1. The zero-order valence-corrected chi connectivity index (χ0v) is 12.9. The fourth-order valence-electron chi connectivity index (χ4n) is 2.22. The van der Waals surface area contributed by atoms with Crippen LogP contribution in [0, 0.1) is 0 Å². The zero-order chi connectivity index (χ0) is 14.8. The standard InChI is InChI=1S/C13H21N3O3S/c1-14(2)20(17,18)16-9-7-15(8-10-16)12-5-4-6-13(11-12)19-3/h4-6,11H,7-10H2,1-3H3. The van der Waals surface area contributed by atoms with E-state index < -0.39 is 10.2 Å². The Morgan fingerprint density at radius 1 is 1.15 bits per heavy atom. The second kappa shape index (κ2) is 5.99. The minimum atomic E-state index is -3.30. The predicted octanol–water partition coefficient (Wildman–Crippen LogP) is 0.624. The van der Waals surface area contributed by atoms with Crippen LogP contribution in [0.15, 0.2) is 24.3 Å². The van der Waals surface area contributed by atoms with Crippen LogP contribution in [-0.2, 0) is 10.2 Å². The summed E-state index contributed by atoms with van der Waals surface area (Å²) in [5.41, 5.74) is 1.06.